The maximum atomic E-state index is 11.3. The van der Waals surface area contributed by atoms with Gasteiger partial charge in [-0.3, -0.25) is 9.89 Å². The standard InChI is InChI=1S/C22H20N6O/c1-24-26-17-9-5-7-15(13-17)19-11-3-2-10-18(19)14-6-4-8-16(12-14)21-25-22(20(23)29)28-27-21/h2-13,24,26H,1H3,(H2,23,29)(H,25,27,28). The van der Waals surface area contributed by atoms with Crippen molar-refractivity contribution >= 4 is 11.6 Å². The van der Waals surface area contributed by atoms with Gasteiger partial charge in [0.1, 0.15) is 0 Å². The molecule has 29 heavy (non-hydrogen) atoms. The molecule has 0 aliphatic rings. The molecular formula is C22H20N6O. The molecule has 0 fully saturated rings. The lowest BCUT2D eigenvalue weighted by Gasteiger charge is -2.12. The quantitative estimate of drug-likeness (QED) is 0.381. The number of primary amides is 1. The van der Waals surface area contributed by atoms with Crippen LogP contribution >= 0.6 is 0 Å². The Labute approximate surface area is 168 Å². The van der Waals surface area contributed by atoms with Crippen LogP contribution in [0.4, 0.5) is 5.69 Å². The Balaban J connectivity index is 1.76. The highest BCUT2D eigenvalue weighted by molar-refractivity contribution is 5.89. The first-order valence-corrected chi connectivity index (χ1v) is 9.11. The third-order valence-corrected chi connectivity index (χ3v) is 4.52. The fraction of sp³-hybridized carbons (Fsp3) is 0.0455. The topological polar surface area (TPSA) is 109 Å². The van der Waals surface area contributed by atoms with Crippen molar-refractivity contribution in [3.63, 3.8) is 0 Å². The number of anilines is 1. The van der Waals surface area contributed by atoms with Gasteiger partial charge in [0.25, 0.3) is 5.91 Å². The predicted octanol–water partition coefficient (Wildman–Crippen LogP) is 3.45. The van der Waals surface area contributed by atoms with Gasteiger partial charge in [-0.15, -0.1) is 0 Å². The van der Waals surface area contributed by atoms with Crippen molar-refractivity contribution in [1.29, 1.82) is 0 Å². The van der Waals surface area contributed by atoms with Crippen molar-refractivity contribution < 1.29 is 4.79 Å². The van der Waals surface area contributed by atoms with Crippen molar-refractivity contribution in [2.75, 3.05) is 12.5 Å². The van der Waals surface area contributed by atoms with Gasteiger partial charge in [-0.1, -0.05) is 54.6 Å². The summed E-state index contributed by atoms with van der Waals surface area (Å²) in [5.41, 5.74) is 17.4. The molecule has 0 atom stereocenters. The van der Waals surface area contributed by atoms with Gasteiger partial charge in [0, 0.05) is 18.3 Å². The number of benzene rings is 3. The summed E-state index contributed by atoms with van der Waals surface area (Å²) in [6.45, 7) is 0. The Kier molecular flexibility index (Phi) is 5.05. The van der Waals surface area contributed by atoms with Crippen molar-refractivity contribution in [3.05, 3.63) is 78.6 Å². The molecule has 1 heterocycles. The molecule has 0 aliphatic carbocycles. The Morgan fingerprint density at radius 1 is 0.897 bits per heavy atom. The van der Waals surface area contributed by atoms with Gasteiger partial charge in [0.2, 0.25) is 5.82 Å². The molecule has 7 heteroatoms. The molecule has 1 aromatic heterocycles. The maximum absolute atomic E-state index is 11.3. The average molecular weight is 384 g/mol. The largest absolute Gasteiger partial charge is 0.363 e. The third kappa shape index (κ3) is 3.85. The zero-order valence-electron chi connectivity index (χ0n) is 15.8. The minimum atomic E-state index is -0.639. The van der Waals surface area contributed by atoms with Gasteiger partial charge < -0.3 is 11.2 Å². The van der Waals surface area contributed by atoms with Crippen molar-refractivity contribution in [2.24, 2.45) is 5.73 Å². The summed E-state index contributed by atoms with van der Waals surface area (Å²) in [6.07, 6.45) is 0. The number of aromatic nitrogens is 3. The van der Waals surface area contributed by atoms with E-state index in [0.29, 0.717) is 5.82 Å². The van der Waals surface area contributed by atoms with E-state index in [1.165, 1.54) is 0 Å². The van der Waals surface area contributed by atoms with E-state index in [9.17, 15) is 4.79 Å². The number of carbonyl (C=O) groups excluding carboxylic acids is 1. The Bertz CT molecular complexity index is 1170. The Morgan fingerprint density at radius 3 is 2.21 bits per heavy atom. The van der Waals surface area contributed by atoms with E-state index in [0.717, 1.165) is 33.5 Å². The SMILES string of the molecule is CNNc1cccc(-c2ccccc2-c2cccc(-c3n[nH]c(C(N)=O)n3)c2)c1. The molecule has 1 amide bonds. The number of hydrogen-bond donors (Lipinski definition) is 4. The van der Waals surface area contributed by atoms with Crippen molar-refractivity contribution in [3.8, 4) is 33.6 Å². The normalized spacial score (nSPS) is 10.7. The number of hydrazine groups is 1. The second-order valence-electron chi connectivity index (χ2n) is 6.45. The number of nitrogens with two attached hydrogens (primary N) is 1. The summed E-state index contributed by atoms with van der Waals surface area (Å²) in [4.78, 5) is 15.5. The summed E-state index contributed by atoms with van der Waals surface area (Å²) >= 11 is 0. The van der Waals surface area contributed by atoms with Crippen LogP contribution in [0.5, 0.6) is 0 Å². The van der Waals surface area contributed by atoms with Gasteiger partial charge in [-0.25, -0.2) is 10.4 Å². The van der Waals surface area contributed by atoms with E-state index in [1.54, 1.807) is 0 Å². The lowest BCUT2D eigenvalue weighted by molar-refractivity contribution is 0.0991. The maximum Gasteiger partial charge on any atom is 0.286 e. The fourth-order valence-corrected chi connectivity index (χ4v) is 3.22. The molecule has 0 radical (unpaired) electrons. The summed E-state index contributed by atoms with van der Waals surface area (Å²) in [6, 6.07) is 24.3. The van der Waals surface area contributed by atoms with E-state index >= 15 is 0 Å². The van der Waals surface area contributed by atoms with Crippen molar-refractivity contribution in [2.45, 2.75) is 0 Å². The zero-order chi connectivity index (χ0) is 20.2. The van der Waals surface area contributed by atoms with E-state index in [2.05, 4.69) is 50.3 Å². The molecule has 7 nitrogen and oxygen atoms in total. The molecule has 0 aliphatic heterocycles. The Hall–Kier alpha value is -3.97. The molecule has 144 valence electrons. The van der Waals surface area contributed by atoms with Crippen LogP contribution in [-0.2, 0) is 0 Å². The molecule has 3 aromatic carbocycles. The summed E-state index contributed by atoms with van der Waals surface area (Å²) < 4.78 is 0. The highest BCUT2D eigenvalue weighted by Crippen LogP contribution is 2.34. The van der Waals surface area contributed by atoms with Gasteiger partial charge in [-0.2, -0.15) is 5.10 Å². The smallest absolute Gasteiger partial charge is 0.286 e. The first-order chi connectivity index (χ1) is 14.2. The predicted molar refractivity (Wildman–Crippen MR) is 114 cm³/mol. The molecule has 0 saturated heterocycles. The lowest BCUT2D eigenvalue weighted by atomic mass is 9.93. The number of nitrogens with one attached hydrogen (secondary N) is 3. The van der Waals surface area contributed by atoms with Crippen LogP contribution in [0.1, 0.15) is 10.6 Å². The third-order valence-electron chi connectivity index (χ3n) is 4.52. The molecule has 0 spiro atoms. The lowest BCUT2D eigenvalue weighted by Crippen LogP contribution is -2.14. The monoisotopic (exact) mass is 384 g/mol. The zero-order valence-corrected chi connectivity index (χ0v) is 15.8. The van der Waals surface area contributed by atoms with Crippen LogP contribution in [0.2, 0.25) is 0 Å². The van der Waals surface area contributed by atoms with E-state index in [1.807, 2.05) is 55.6 Å². The summed E-state index contributed by atoms with van der Waals surface area (Å²) in [5.74, 6) is -0.168. The van der Waals surface area contributed by atoms with Crippen LogP contribution in [0.25, 0.3) is 33.6 Å². The van der Waals surface area contributed by atoms with E-state index in [-0.39, 0.29) is 5.82 Å². The number of rotatable bonds is 6. The second kappa shape index (κ2) is 7.95. The van der Waals surface area contributed by atoms with Gasteiger partial charge >= 0.3 is 0 Å². The number of nitrogens with zero attached hydrogens (tertiary/aromatic N) is 2. The van der Waals surface area contributed by atoms with Gasteiger partial charge in [-0.05, 0) is 40.5 Å². The van der Waals surface area contributed by atoms with Gasteiger partial charge in [0.15, 0.2) is 5.82 Å². The minimum absolute atomic E-state index is 0.0413. The minimum Gasteiger partial charge on any atom is -0.363 e. The first-order valence-electron chi connectivity index (χ1n) is 9.11. The van der Waals surface area contributed by atoms with Crippen LogP contribution < -0.4 is 16.6 Å². The van der Waals surface area contributed by atoms with Gasteiger partial charge in [0.05, 0.1) is 0 Å². The first kappa shape index (κ1) is 18.4. The molecule has 4 rings (SSSR count). The average Bonchev–Trinajstić information content (AvgIpc) is 3.25. The molecule has 5 N–H and O–H groups in total. The van der Waals surface area contributed by atoms with Crippen LogP contribution in [0, 0.1) is 0 Å². The van der Waals surface area contributed by atoms with E-state index in [4.69, 9.17) is 5.73 Å². The Morgan fingerprint density at radius 2 is 1.55 bits per heavy atom. The van der Waals surface area contributed by atoms with E-state index < -0.39 is 5.91 Å². The molecule has 0 unspecified atom stereocenters. The molecular weight excluding hydrogens is 364 g/mol. The molecule has 0 saturated carbocycles. The number of H-pyrrole nitrogens is 1. The number of carbonyl (C=O) groups is 1. The van der Waals surface area contributed by atoms with Crippen LogP contribution in [-0.4, -0.2) is 28.1 Å². The van der Waals surface area contributed by atoms with Crippen molar-refractivity contribution in [1.82, 2.24) is 20.6 Å². The highest BCUT2D eigenvalue weighted by atomic mass is 16.1. The number of hydrogen-bond acceptors (Lipinski definition) is 5. The molecule has 0 bridgehead atoms. The molecule has 4 aromatic rings. The summed E-state index contributed by atoms with van der Waals surface area (Å²) in [5, 5.41) is 6.67. The van der Waals surface area contributed by atoms with Crippen LogP contribution in [0.3, 0.4) is 0 Å². The van der Waals surface area contributed by atoms with Crippen LogP contribution in [0.15, 0.2) is 72.8 Å². The highest BCUT2D eigenvalue weighted by Gasteiger charge is 2.12. The second-order valence-corrected chi connectivity index (χ2v) is 6.45. The number of aromatic amines is 1. The fourth-order valence-electron chi connectivity index (χ4n) is 3.22. The number of amides is 1. The summed E-state index contributed by atoms with van der Waals surface area (Å²) in [7, 11) is 1.83.